The maximum absolute atomic E-state index is 11.8. The average molecular weight is 440 g/mol. The first kappa shape index (κ1) is 21.1. The molecule has 1 aliphatic heterocycles. The van der Waals surface area contributed by atoms with Crippen LogP contribution < -0.4 is 9.47 Å². The number of nitrogens with zero attached hydrogens (tertiary/aromatic N) is 1. The second kappa shape index (κ2) is 9.41. The summed E-state index contributed by atoms with van der Waals surface area (Å²) in [6.07, 6.45) is 6.70. The minimum atomic E-state index is -0.0510. The van der Waals surface area contributed by atoms with Crippen LogP contribution in [0.2, 0.25) is 0 Å². The molecule has 33 heavy (non-hydrogen) atoms. The third kappa shape index (κ3) is 4.31. The van der Waals surface area contributed by atoms with Crippen LogP contribution in [-0.2, 0) is 24.2 Å². The lowest BCUT2D eigenvalue weighted by Gasteiger charge is -2.35. The molecule has 5 heteroatoms. The van der Waals surface area contributed by atoms with Crippen molar-refractivity contribution < 1.29 is 14.3 Å². The molecule has 0 fully saturated rings. The molecule has 4 aromatic rings. The highest BCUT2D eigenvalue weighted by Gasteiger charge is 2.29. The third-order valence-electron chi connectivity index (χ3n) is 6.50. The number of fused-ring (bicyclic) bond motifs is 2. The van der Waals surface area contributed by atoms with Gasteiger partial charge in [0.25, 0.3) is 0 Å². The SMILES string of the molecule is COc1cc2c(cc1OCc1ccccc1)C(CCc1c[nH]c3ccccc13)N([C]=O)CC2. The molecule has 1 aliphatic rings. The van der Waals surface area contributed by atoms with Crippen LogP contribution in [0.5, 0.6) is 11.5 Å². The Hall–Kier alpha value is -3.73. The molecule has 5 nitrogen and oxygen atoms in total. The third-order valence-corrected chi connectivity index (χ3v) is 6.50. The average Bonchev–Trinajstić information content (AvgIpc) is 3.29. The van der Waals surface area contributed by atoms with Gasteiger partial charge in [0.1, 0.15) is 6.61 Å². The Kier molecular flexibility index (Phi) is 6.03. The fourth-order valence-corrected chi connectivity index (χ4v) is 4.77. The highest BCUT2D eigenvalue weighted by atomic mass is 16.5. The number of aromatic amines is 1. The van der Waals surface area contributed by atoms with E-state index in [1.165, 1.54) is 16.5 Å². The van der Waals surface area contributed by atoms with Crippen LogP contribution in [0.4, 0.5) is 0 Å². The van der Waals surface area contributed by atoms with Gasteiger partial charge in [-0.1, -0.05) is 48.5 Å². The molecule has 0 spiro atoms. The lowest BCUT2D eigenvalue weighted by molar-refractivity contribution is 0.260. The molecule has 1 unspecified atom stereocenters. The zero-order valence-corrected chi connectivity index (χ0v) is 18.7. The maximum atomic E-state index is 11.8. The second-order valence-corrected chi connectivity index (χ2v) is 8.42. The number of hydrogen-bond donors (Lipinski definition) is 1. The largest absolute Gasteiger partial charge is 0.493 e. The van der Waals surface area contributed by atoms with Crippen molar-refractivity contribution in [1.29, 1.82) is 0 Å². The van der Waals surface area contributed by atoms with Gasteiger partial charge in [-0.15, -0.1) is 0 Å². The van der Waals surface area contributed by atoms with E-state index in [9.17, 15) is 4.79 Å². The van der Waals surface area contributed by atoms with Crippen molar-refractivity contribution in [2.24, 2.45) is 0 Å². The number of H-pyrrole nitrogens is 1. The Bertz CT molecular complexity index is 1250. The van der Waals surface area contributed by atoms with Crippen LogP contribution in [0.15, 0.2) is 72.9 Å². The molecule has 1 radical (unpaired) electrons. The van der Waals surface area contributed by atoms with E-state index in [2.05, 4.69) is 47.9 Å². The molecule has 1 atom stereocenters. The fraction of sp³-hybridized carbons (Fsp3) is 0.250. The summed E-state index contributed by atoms with van der Waals surface area (Å²) < 4.78 is 11.8. The Morgan fingerprint density at radius 1 is 1.06 bits per heavy atom. The minimum Gasteiger partial charge on any atom is -0.493 e. The van der Waals surface area contributed by atoms with E-state index >= 15 is 0 Å². The molecule has 5 rings (SSSR count). The molecule has 2 heterocycles. The molecule has 1 N–H and O–H groups in total. The highest BCUT2D eigenvalue weighted by molar-refractivity contribution is 5.83. The van der Waals surface area contributed by atoms with Gasteiger partial charge in [0.2, 0.25) is 0 Å². The molecule has 0 saturated carbocycles. The van der Waals surface area contributed by atoms with Gasteiger partial charge in [-0.05, 0) is 59.7 Å². The van der Waals surface area contributed by atoms with Crippen LogP contribution >= 0.6 is 0 Å². The summed E-state index contributed by atoms with van der Waals surface area (Å²) in [5.41, 5.74) is 5.81. The summed E-state index contributed by atoms with van der Waals surface area (Å²) in [6.45, 7) is 1.11. The number of hydrogen-bond acceptors (Lipinski definition) is 3. The van der Waals surface area contributed by atoms with E-state index < -0.39 is 0 Å². The summed E-state index contributed by atoms with van der Waals surface area (Å²) in [5.74, 6) is 1.42. The molecular weight excluding hydrogens is 412 g/mol. The van der Waals surface area contributed by atoms with Crippen molar-refractivity contribution in [3.63, 3.8) is 0 Å². The summed E-state index contributed by atoms with van der Waals surface area (Å²) in [7, 11) is 1.67. The first-order valence-electron chi connectivity index (χ1n) is 11.3. The molecular formula is C28H27N2O3. The van der Waals surface area contributed by atoms with Gasteiger partial charge in [0, 0.05) is 23.6 Å². The number of rotatable bonds is 8. The molecule has 1 amide bonds. The highest BCUT2D eigenvalue weighted by Crippen LogP contribution is 2.40. The Balaban J connectivity index is 1.42. The van der Waals surface area contributed by atoms with Crippen LogP contribution in [0.1, 0.15) is 34.7 Å². The smallest absolute Gasteiger partial charge is 0.312 e. The standard InChI is InChI=1S/C28H27N2O3/c1-32-27-15-21-13-14-30(19-31)26(12-11-22-17-29-25-10-6-5-9-23(22)25)24(21)16-28(27)33-18-20-7-3-2-4-8-20/h2-10,15-17,26,29H,11-14,18H2,1H3. The van der Waals surface area contributed by atoms with Gasteiger partial charge in [-0.25, -0.2) is 0 Å². The first-order valence-corrected chi connectivity index (χ1v) is 11.3. The van der Waals surface area contributed by atoms with E-state index in [0.717, 1.165) is 41.7 Å². The van der Waals surface area contributed by atoms with Gasteiger partial charge in [-0.3, -0.25) is 4.79 Å². The predicted octanol–water partition coefficient (Wildman–Crippen LogP) is 5.35. The van der Waals surface area contributed by atoms with E-state index in [4.69, 9.17) is 9.47 Å². The Morgan fingerprint density at radius 3 is 2.70 bits per heavy atom. The van der Waals surface area contributed by atoms with E-state index in [0.29, 0.717) is 18.9 Å². The monoisotopic (exact) mass is 439 g/mol. The lowest BCUT2D eigenvalue weighted by Crippen LogP contribution is -2.34. The summed E-state index contributed by atoms with van der Waals surface area (Å²) in [5, 5.41) is 1.23. The topological polar surface area (TPSA) is 54.6 Å². The number of para-hydroxylation sites is 1. The number of methoxy groups -OCH3 is 1. The number of nitrogens with one attached hydrogen (secondary N) is 1. The van der Waals surface area contributed by atoms with Crippen molar-refractivity contribution >= 4 is 17.3 Å². The normalized spacial score (nSPS) is 15.3. The predicted molar refractivity (Wildman–Crippen MR) is 129 cm³/mol. The second-order valence-electron chi connectivity index (χ2n) is 8.42. The van der Waals surface area contributed by atoms with Crippen molar-refractivity contribution in [3.05, 3.63) is 95.2 Å². The molecule has 0 aliphatic carbocycles. The van der Waals surface area contributed by atoms with Crippen molar-refractivity contribution in [3.8, 4) is 11.5 Å². The summed E-state index contributed by atoms with van der Waals surface area (Å²) >= 11 is 0. The zero-order valence-electron chi connectivity index (χ0n) is 18.7. The van der Waals surface area contributed by atoms with Crippen molar-refractivity contribution in [2.45, 2.75) is 31.9 Å². The van der Waals surface area contributed by atoms with Gasteiger partial charge >= 0.3 is 6.41 Å². The minimum absolute atomic E-state index is 0.0510. The molecule has 0 saturated heterocycles. The summed E-state index contributed by atoms with van der Waals surface area (Å²) in [4.78, 5) is 17.0. The summed E-state index contributed by atoms with van der Waals surface area (Å²) in [6, 6.07) is 22.5. The zero-order chi connectivity index (χ0) is 22.6. The Labute approximate surface area is 193 Å². The van der Waals surface area contributed by atoms with E-state index in [1.807, 2.05) is 36.4 Å². The number of carbonyl (C=O) groups excluding carboxylic acids is 1. The molecule has 0 bridgehead atoms. The van der Waals surface area contributed by atoms with Crippen LogP contribution in [0, 0.1) is 0 Å². The van der Waals surface area contributed by atoms with E-state index in [-0.39, 0.29) is 6.04 Å². The first-order chi connectivity index (χ1) is 16.3. The van der Waals surface area contributed by atoms with Gasteiger partial charge in [0.05, 0.1) is 13.2 Å². The Morgan fingerprint density at radius 2 is 1.88 bits per heavy atom. The molecule has 3 aromatic carbocycles. The molecule has 167 valence electrons. The van der Waals surface area contributed by atoms with Gasteiger partial charge < -0.3 is 19.4 Å². The lowest BCUT2D eigenvalue weighted by atomic mass is 9.88. The fourth-order valence-electron chi connectivity index (χ4n) is 4.77. The van der Waals surface area contributed by atoms with Gasteiger partial charge in [0.15, 0.2) is 11.5 Å². The number of benzene rings is 3. The number of ether oxygens (including phenoxy) is 2. The quantitative estimate of drug-likeness (QED) is 0.402. The number of amides is 1. The number of aryl methyl sites for hydroxylation is 1. The van der Waals surface area contributed by atoms with Crippen LogP contribution in [-0.4, -0.2) is 29.9 Å². The van der Waals surface area contributed by atoms with Crippen LogP contribution in [0.3, 0.4) is 0 Å². The van der Waals surface area contributed by atoms with Gasteiger partial charge in [-0.2, -0.15) is 0 Å². The van der Waals surface area contributed by atoms with Crippen LogP contribution in [0.25, 0.3) is 10.9 Å². The maximum Gasteiger partial charge on any atom is 0.312 e. The van der Waals surface area contributed by atoms with Crippen molar-refractivity contribution in [1.82, 2.24) is 9.88 Å². The van der Waals surface area contributed by atoms with E-state index in [1.54, 1.807) is 12.0 Å². The van der Waals surface area contributed by atoms with Crippen molar-refractivity contribution in [2.75, 3.05) is 13.7 Å². The number of aromatic nitrogens is 1. The molecule has 1 aromatic heterocycles.